The molecule has 0 saturated carbocycles. The number of carboxylic acids is 1. The first kappa shape index (κ1) is 12.5. The standard InChI is InChI=1S/C13H8FN3O2/c14-10-5-8(13(18)19)1-2-11(10)17-12-7-16-4-3-9(12)6-15/h1-5,7,17H,(H,18,19). The molecule has 1 heterocycles. The second-order valence-electron chi connectivity index (χ2n) is 3.66. The number of nitriles is 1. The van der Waals surface area contributed by atoms with E-state index in [1.54, 1.807) is 0 Å². The molecule has 0 fully saturated rings. The highest BCUT2D eigenvalue weighted by Crippen LogP contribution is 2.22. The van der Waals surface area contributed by atoms with E-state index in [4.69, 9.17) is 10.4 Å². The van der Waals surface area contributed by atoms with Crippen LogP contribution in [0.2, 0.25) is 0 Å². The number of nitrogens with zero attached hydrogens (tertiary/aromatic N) is 2. The number of hydrogen-bond donors (Lipinski definition) is 2. The Kier molecular flexibility index (Phi) is 3.39. The molecule has 0 spiro atoms. The number of anilines is 2. The number of aromatic carboxylic acids is 1. The van der Waals surface area contributed by atoms with Crippen LogP contribution in [-0.4, -0.2) is 16.1 Å². The van der Waals surface area contributed by atoms with Crippen LogP contribution in [0.15, 0.2) is 36.7 Å². The Bertz CT molecular complexity index is 680. The first-order valence-corrected chi connectivity index (χ1v) is 5.26. The molecule has 0 atom stereocenters. The van der Waals surface area contributed by atoms with E-state index in [0.717, 1.165) is 6.07 Å². The zero-order valence-corrected chi connectivity index (χ0v) is 9.59. The zero-order chi connectivity index (χ0) is 13.8. The Morgan fingerprint density at radius 1 is 1.37 bits per heavy atom. The highest BCUT2D eigenvalue weighted by atomic mass is 19.1. The molecule has 19 heavy (non-hydrogen) atoms. The summed E-state index contributed by atoms with van der Waals surface area (Å²) < 4.78 is 13.7. The lowest BCUT2D eigenvalue weighted by Gasteiger charge is -2.08. The fourth-order valence-electron chi connectivity index (χ4n) is 1.49. The van der Waals surface area contributed by atoms with Gasteiger partial charge in [-0.1, -0.05) is 0 Å². The van der Waals surface area contributed by atoms with Gasteiger partial charge in [0.25, 0.3) is 0 Å². The summed E-state index contributed by atoms with van der Waals surface area (Å²) >= 11 is 0. The maximum Gasteiger partial charge on any atom is 0.335 e. The van der Waals surface area contributed by atoms with E-state index < -0.39 is 11.8 Å². The van der Waals surface area contributed by atoms with Gasteiger partial charge in [0.05, 0.1) is 28.7 Å². The molecule has 0 saturated heterocycles. The molecule has 0 aliphatic carbocycles. The van der Waals surface area contributed by atoms with Crippen LogP contribution in [0.4, 0.5) is 15.8 Å². The molecule has 6 heteroatoms. The quantitative estimate of drug-likeness (QED) is 0.882. The van der Waals surface area contributed by atoms with Gasteiger partial charge in [0.1, 0.15) is 11.9 Å². The molecule has 2 rings (SSSR count). The van der Waals surface area contributed by atoms with Crippen molar-refractivity contribution in [2.75, 3.05) is 5.32 Å². The third kappa shape index (κ3) is 2.66. The minimum atomic E-state index is -1.20. The lowest BCUT2D eigenvalue weighted by molar-refractivity contribution is 0.0696. The van der Waals surface area contributed by atoms with Crippen molar-refractivity contribution in [2.24, 2.45) is 0 Å². The minimum absolute atomic E-state index is 0.0782. The normalized spacial score (nSPS) is 9.68. The minimum Gasteiger partial charge on any atom is -0.478 e. The van der Waals surface area contributed by atoms with Crippen molar-refractivity contribution in [3.8, 4) is 6.07 Å². The number of aromatic nitrogens is 1. The van der Waals surface area contributed by atoms with Gasteiger partial charge in [-0.2, -0.15) is 5.26 Å². The third-order valence-electron chi connectivity index (χ3n) is 2.43. The lowest BCUT2D eigenvalue weighted by Crippen LogP contribution is -2.01. The van der Waals surface area contributed by atoms with Gasteiger partial charge in [-0.25, -0.2) is 9.18 Å². The SMILES string of the molecule is N#Cc1ccncc1Nc1ccc(C(=O)O)cc1F. The summed E-state index contributed by atoms with van der Waals surface area (Å²) in [6.45, 7) is 0. The summed E-state index contributed by atoms with van der Waals surface area (Å²) in [6, 6.07) is 6.92. The number of benzene rings is 1. The van der Waals surface area contributed by atoms with Crippen LogP contribution in [0.25, 0.3) is 0 Å². The predicted molar refractivity (Wildman–Crippen MR) is 65.6 cm³/mol. The molecule has 0 bridgehead atoms. The number of hydrogen-bond acceptors (Lipinski definition) is 4. The van der Waals surface area contributed by atoms with E-state index >= 15 is 0 Å². The molecule has 2 aromatic rings. The Morgan fingerprint density at radius 3 is 2.79 bits per heavy atom. The highest BCUT2D eigenvalue weighted by molar-refractivity contribution is 5.88. The van der Waals surface area contributed by atoms with Crippen molar-refractivity contribution in [3.63, 3.8) is 0 Å². The van der Waals surface area contributed by atoms with Crippen LogP contribution in [0.5, 0.6) is 0 Å². The van der Waals surface area contributed by atoms with Crippen LogP contribution in [0.3, 0.4) is 0 Å². The van der Waals surface area contributed by atoms with Gasteiger partial charge in [0.15, 0.2) is 0 Å². The molecular weight excluding hydrogens is 249 g/mol. The first-order chi connectivity index (χ1) is 9.11. The summed E-state index contributed by atoms with van der Waals surface area (Å²) in [5.74, 6) is -1.92. The van der Waals surface area contributed by atoms with E-state index in [2.05, 4.69) is 10.3 Å². The molecule has 2 N–H and O–H groups in total. The summed E-state index contributed by atoms with van der Waals surface area (Å²) in [4.78, 5) is 14.5. The number of rotatable bonds is 3. The fourth-order valence-corrected chi connectivity index (χ4v) is 1.49. The summed E-state index contributed by atoms with van der Waals surface area (Å²) in [5, 5.41) is 20.3. The van der Waals surface area contributed by atoms with Gasteiger partial charge < -0.3 is 10.4 Å². The molecule has 0 aliphatic heterocycles. The molecule has 0 aliphatic rings. The topological polar surface area (TPSA) is 86.0 Å². The molecule has 94 valence electrons. The molecule has 0 amide bonds. The second-order valence-corrected chi connectivity index (χ2v) is 3.66. The van der Waals surface area contributed by atoms with Crippen LogP contribution in [-0.2, 0) is 0 Å². The largest absolute Gasteiger partial charge is 0.478 e. The van der Waals surface area contributed by atoms with Crippen molar-refractivity contribution in [1.82, 2.24) is 4.98 Å². The number of carbonyl (C=O) groups is 1. The van der Waals surface area contributed by atoms with Crippen molar-refractivity contribution in [3.05, 3.63) is 53.6 Å². The molecule has 1 aromatic heterocycles. The molecule has 0 unspecified atom stereocenters. The van der Waals surface area contributed by atoms with Gasteiger partial charge in [0, 0.05) is 6.20 Å². The van der Waals surface area contributed by atoms with E-state index in [0.29, 0.717) is 11.3 Å². The van der Waals surface area contributed by atoms with Crippen LogP contribution >= 0.6 is 0 Å². The Balaban J connectivity index is 2.34. The average Bonchev–Trinajstić information content (AvgIpc) is 2.41. The van der Waals surface area contributed by atoms with Crippen molar-refractivity contribution >= 4 is 17.3 Å². The predicted octanol–water partition coefficient (Wildman–Crippen LogP) is 2.53. The van der Waals surface area contributed by atoms with Crippen molar-refractivity contribution in [2.45, 2.75) is 0 Å². The van der Waals surface area contributed by atoms with Gasteiger partial charge in [-0.15, -0.1) is 0 Å². The van der Waals surface area contributed by atoms with E-state index in [1.165, 1.54) is 30.6 Å². The molecule has 0 radical (unpaired) electrons. The second kappa shape index (κ2) is 5.14. The summed E-state index contributed by atoms with van der Waals surface area (Å²) in [5.41, 5.74) is 0.605. The van der Waals surface area contributed by atoms with Gasteiger partial charge in [-0.3, -0.25) is 4.98 Å². The van der Waals surface area contributed by atoms with Crippen molar-refractivity contribution in [1.29, 1.82) is 5.26 Å². The Labute approximate surface area is 108 Å². The van der Waals surface area contributed by atoms with Crippen LogP contribution in [0, 0.1) is 17.1 Å². The van der Waals surface area contributed by atoms with E-state index in [-0.39, 0.29) is 11.3 Å². The maximum atomic E-state index is 13.7. The number of halogens is 1. The highest BCUT2D eigenvalue weighted by Gasteiger charge is 2.10. The lowest BCUT2D eigenvalue weighted by atomic mass is 10.2. The molecule has 1 aromatic carbocycles. The molecule has 5 nitrogen and oxygen atoms in total. The maximum absolute atomic E-state index is 13.7. The van der Waals surface area contributed by atoms with Gasteiger partial charge in [0.2, 0.25) is 0 Å². The zero-order valence-electron chi connectivity index (χ0n) is 9.59. The van der Waals surface area contributed by atoms with E-state index in [1.807, 2.05) is 6.07 Å². The average molecular weight is 257 g/mol. The smallest absolute Gasteiger partial charge is 0.335 e. The Hall–Kier alpha value is -2.94. The third-order valence-corrected chi connectivity index (χ3v) is 2.43. The summed E-state index contributed by atoms with van der Waals surface area (Å²) in [7, 11) is 0. The van der Waals surface area contributed by atoms with Crippen molar-refractivity contribution < 1.29 is 14.3 Å². The molecular formula is C13H8FN3O2. The van der Waals surface area contributed by atoms with Crippen LogP contribution in [0.1, 0.15) is 15.9 Å². The number of nitrogens with one attached hydrogen (secondary N) is 1. The monoisotopic (exact) mass is 257 g/mol. The number of pyridine rings is 1. The number of carboxylic acid groups (broad SMARTS) is 1. The van der Waals surface area contributed by atoms with Gasteiger partial charge in [-0.05, 0) is 24.3 Å². The van der Waals surface area contributed by atoms with Gasteiger partial charge >= 0.3 is 5.97 Å². The Morgan fingerprint density at radius 2 is 2.16 bits per heavy atom. The summed E-state index contributed by atoms with van der Waals surface area (Å²) in [6.07, 6.45) is 2.84. The fraction of sp³-hybridized carbons (Fsp3) is 0. The first-order valence-electron chi connectivity index (χ1n) is 5.26. The van der Waals surface area contributed by atoms with Crippen LogP contribution < -0.4 is 5.32 Å². The van der Waals surface area contributed by atoms with E-state index in [9.17, 15) is 9.18 Å².